The molecule has 0 saturated carbocycles. The number of carbonyl (C=O) groups is 1. The van der Waals surface area contributed by atoms with Gasteiger partial charge in [0.1, 0.15) is 11.5 Å². The summed E-state index contributed by atoms with van der Waals surface area (Å²) < 4.78 is 1.63. The average molecular weight is 375 g/mol. The zero-order valence-corrected chi connectivity index (χ0v) is 15.0. The molecular weight excluding hydrogens is 360 g/mol. The number of carbonyl (C=O) groups excluding carboxylic acids is 1. The summed E-state index contributed by atoms with van der Waals surface area (Å²) in [7, 11) is 0. The van der Waals surface area contributed by atoms with Crippen LogP contribution in [0.15, 0.2) is 85.1 Å². The molecule has 0 atom stereocenters. The first-order valence-corrected chi connectivity index (χ1v) is 8.72. The third-order valence-corrected chi connectivity index (χ3v) is 4.20. The van der Waals surface area contributed by atoms with Crippen molar-refractivity contribution < 1.29 is 4.79 Å². The van der Waals surface area contributed by atoms with Gasteiger partial charge in [0.25, 0.3) is 5.91 Å². The van der Waals surface area contributed by atoms with Crippen LogP contribution < -0.4 is 5.32 Å². The molecule has 1 N–H and O–H groups in total. The van der Waals surface area contributed by atoms with E-state index in [2.05, 4.69) is 15.4 Å². The molecule has 4 rings (SSSR count). The fourth-order valence-electron chi connectivity index (χ4n) is 2.69. The number of nitrogens with one attached hydrogen (secondary N) is 1. The quantitative estimate of drug-likeness (QED) is 0.556. The Labute approximate surface area is 161 Å². The minimum atomic E-state index is -0.302. The van der Waals surface area contributed by atoms with E-state index in [-0.39, 0.29) is 5.91 Å². The Bertz CT molecular complexity index is 1060. The molecule has 6 heteroatoms. The molecule has 1 amide bonds. The molecule has 0 bridgehead atoms. The second-order valence-corrected chi connectivity index (χ2v) is 6.28. The van der Waals surface area contributed by atoms with Crippen molar-refractivity contribution in [3.8, 4) is 16.9 Å². The van der Waals surface area contributed by atoms with Crippen LogP contribution in [0.1, 0.15) is 10.5 Å². The number of hydrogen-bond donors (Lipinski definition) is 1. The van der Waals surface area contributed by atoms with Crippen LogP contribution >= 0.6 is 11.6 Å². The van der Waals surface area contributed by atoms with Gasteiger partial charge in [-0.3, -0.25) is 4.79 Å². The Balaban J connectivity index is 1.74. The molecular formula is C21H15ClN4O. The molecule has 0 aliphatic carbocycles. The largest absolute Gasteiger partial charge is 0.305 e. The van der Waals surface area contributed by atoms with E-state index >= 15 is 0 Å². The van der Waals surface area contributed by atoms with Crippen LogP contribution in [0.4, 0.5) is 5.82 Å². The van der Waals surface area contributed by atoms with Gasteiger partial charge in [0, 0.05) is 11.8 Å². The molecule has 0 unspecified atom stereocenters. The minimum absolute atomic E-state index is 0.302. The van der Waals surface area contributed by atoms with E-state index in [0.717, 1.165) is 11.3 Å². The molecule has 0 fully saturated rings. The first-order valence-electron chi connectivity index (χ1n) is 8.34. The fraction of sp³-hybridized carbons (Fsp3) is 0. The van der Waals surface area contributed by atoms with Gasteiger partial charge in [-0.1, -0.05) is 60.1 Å². The zero-order valence-electron chi connectivity index (χ0n) is 14.2. The minimum Gasteiger partial charge on any atom is -0.305 e. The van der Waals surface area contributed by atoms with Crippen LogP contribution in [0, 0.1) is 0 Å². The number of para-hydroxylation sites is 1. The second-order valence-electron chi connectivity index (χ2n) is 5.84. The highest BCUT2D eigenvalue weighted by atomic mass is 35.5. The number of pyridine rings is 1. The summed E-state index contributed by atoms with van der Waals surface area (Å²) in [5.74, 6) is 0.120. The molecule has 0 radical (unpaired) electrons. The van der Waals surface area contributed by atoms with Crippen LogP contribution in [0.25, 0.3) is 16.9 Å². The second kappa shape index (κ2) is 7.43. The zero-order chi connectivity index (χ0) is 18.6. The lowest BCUT2D eigenvalue weighted by molar-refractivity contribution is 0.101. The number of nitrogens with zero attached hydrogens (tertiary/aromatic N) is 3. The van der Waals surface area contributed by atoms with Gasteiger partial charge in [0.15, 0.2) is 0 Å². The molecule has 2 heterocycles. The highest BCUT2D eigenvalue weighted by Gasteiger charge is 2.18. The Kier molecular flexibility index (Phi) is 4.68. The number of aromatic nitrogens is 3. The van der Waals surface area contributed by atoms with Gasteiger partial charge in [0.05, 0.1) is 16.4 Å². The van der Waals surface area contributed by atoms with Crippen molar-refractivity contribution >= 4 is 23.3 Å². The van der Waals surface area contributed by atoms with Gasteiger partial charge in [-0.05, 0) is 30.3 Å². The summed E-state index contributed by atoms with van der Waals surface area (Å²) in [5, 5.41) is 7.94. The predicted molar refractivity (Wildman–Crippen MR) is 106 cm³/mol. The highest BCUT2D eigenvalue weighted by molar-refractivity contribution is 6.30. The molecule has 4 aromatic rings. The van der Waals surface area contributed by atoms with E-state index in [4.69, 9.17) is 11.6 Å². The average Bonchev–Trinajstić information content (AvgIpc) is 3.17. The first-order chi connectivity index (χ1) is 13.2. The Hall–Kier alpha value is -3.44. The van der Waals surface area contributed by atoms with E-state index in [1.807, 2.05) is 60.7 Å². The maximum atomic E-state index is 12.9. The summed E-state index contributed by atoms with van der Waals surface area (Å²) >= 11 is 5.85. The predicted octanol–water partition coefficient (Wildman–Crippen LogP) is 4.84. The van der Waals surface area contributed by atoms with Crippen molar-refractivity contribution in [3.63, 3.8) is 0 Å². The van der Waals surface area contributed by atoms with Crippen LogP contribution in [0.3, 0.4) is 0 Å². The van der Waals surface area contributed by atoms with Gasteiger partial charge in [-0.15, -0.1) is 0 Å². The lowest BCUT2D eigenvalue weighted by atomic mass is 10.1. The molecule has 132 valence electrons. The lowest BCUT2D eigenvalue weighted by Gasteiger charge is -2.07. The van der Waals surface area contributed by atoms with Crippen molar-refractivity contribution in [3.05, 3.63) is 95.8 Å². The summed E-state index contributed by atoms with van der Waals surface area (Å²) in [5.41, 5.74) is 2.87. The summed E-state index contributed by atoms with van der Waals surface area (Å²) in [4.78, 5) is 17.0. The maximum absolute atomic E-state index is 12.9. The van der Waals surface area contributed by atoms with Crippen LogP contribution in [0.5, 0.6) is 0 Å². The molecule has 0 saturated heterocycles. The highest BCUT2D eigenvalue weighted by Crippen LogP contribution is 2.22. The molecule has 27 heavy (non-hydrogen) atoms. The first kappa shape index (κ1) is 17.0. The molecule has 0 aliphatic heterocycles. The Morgan fingerprint density at radius 2 is 1.63 bits per heavy atom. The van der Waals surface area contributed by atoms with Gasteiger partial charge in [-0.25, -0.2) is 9.67 Å². The third kappa shape index (κ3) is 3.73. The molecule has 0 aliphatic rings. The van der Waals surface area contributed by atoms with Gasteiger partial charge in [-0.2, -0.15) is 5.10 Å². The lowest BCUT2D eigenvalue weighted by Crippen LogP contribution is -2.17. The van der Waals surface area contributed by atoms with Crippen LogP contribution in [-0.2, 0) is 0 Å². The number of halogens is 1. The third-order valence-electron chi connectivity index (χ3n) is 3.98. The monoisotopic (exact) mass is 374 g/mol. The van der Waals surface area contributed by atoms with E-state index in [9.17, 15) is 4.79 Å². The van der Waals surface area contributed by atoms with Crippen molar-refractivity contribution in [1.82, 2.24) is 14.8 Å². The van der Waals surface area contributed by atoms with Gasteiger partial charge < -0.3 is 5.32 Å². The SMILES string of the molecule is O=C(Nc1ccc(Cl)cn1)c1cc(-c2ccccc2)nn1-c1ccccc1. The van der Waals surface area contributed by atoms with Crippen molar-refractivity contribution in [1.29, 1.82) is 0 Å². The summed E-state index contributed by atoms with van der Waals surface area (Å²) in [6.07, 6.45) is 1.49. The van der Waals surface area contributed by atoms with E-state index in [0.29, 0.717) is 22.2 Å². The Morgan fingerprint density at radius 3 is 2.30 bits per heavy atom. The molecule has 2 aromatic carbocycles. The van der Waals surface area contributed by atoms with Crippen LogP contribution in [0.2, 0.25) is 5.02 Å². The fourth-order valence-corrected chi connectivity index (χ4v) is 2.80. The number of hydrogen-bond acceptors (Lipinski definition) is 3. The molecule has 2 aromatic heterocycles. The Morgan fingerprint density at radius 1 is 0.926 bits per heavy atom. The normalized spacial score (nSPS) is 10.6. The smallest absolute Gasteiger partial charge is 0.275 e. The molecule has 0 spiro atoms. The van der Waals surface area contributed by atoms with Crippen molar-refractivity contribution in [2.24, 2.45) is 0 Å². The summed E-state index contributed by atoms with van der Waals surface area (Å²) in [6, 6.07) is 24.4. The summed E-state index contributed by atoms with van der Waals surface area (Å²) in [6.45, 7) is 0. The standard InChI is InChI=1S/C21H15ClN4O/c22-16-11-12-20(23-14-16)24-21(27)19-13-18(15-7-3-1-4-8-15)25-26(19)17-9-5-2-6-10-17/h1-14H,(H,23,24,27). The number of anilines is 1. The van der Waals surface area contributed by atoms with Gasteiger partial charge in [0.2, 0.25) is 0 Å². The number of benzene rings is 2. The van der Waals surface area contributed by atoms with Gasteiger partial charge >= 0.3 is 0 Å². The van der Waals surface area contributed by atoms with Crippen LogP contribution in [-0.4, -0.2) is 20.7 Å². The topological polar surface area (TPSA) is 59.8 Å². The van der Waals surface area contributed by atoms with E-state index in [1.54, 1.807) is 22.9 Å². The number of amides is 1. The van der Waals surface area contributed by atoms with Crippen molar-refractivity contribution in [2.75, 3.05) is 5.32 Å². The number of rotatable bonds is 4. The van der Waals surface area contributed by atoms with E-state index in [1.165, 1.54) is 6.20 Å². The van der Waals surface area contributed by atoms with Crippen molar-refractivity contribution in [2.45, 2.75) is 0 Å². The molecule has 5 nitrogen and oxygen atoms in total. The maximum Gasteiger partial charge on any atom is 0.275 e. The van der Waals surface area contributed by atoms with E-state index < -0.39 is 0 Å².